The maximum absolute atomic E-state index is 11.9. The summed E-state index contributed by atoms with van der Waals surface area (Å²) in [4.78, 5) is 24.4. The van der Waals surface area contributed by atoms with Crippen molar-refractivity contribution in [2.24, 2.45) is 11.7 Å². The lowest BCUT2D eigenvalue weighted by atomic mass is 9.87. The summed E-state index contributed by atoms with van der Waals surface area (Å²) in [6, 6.07) is -0.296. The molecule has 2 fully saturated rings. The van der Waals surface area contributed by atoms with Gasteiger partial charge in [0, 0.05) is 13.0 Å². The Morgan fingerprint density at radius 1 is 1.64 bits per heavy atom. The number of imide groups is 1. The molecule has 5 heteroatoms. The number of nitrogens with one attached hydrogen (secondary N) is 1. The topological polar surface area (TPSA) is 75.4 Å². The molecule has 0 radical (unpaired) electrons. The van der Waals surface area contributed by atoms with Crippen molar-refractivity contribution in [1.82, 2.24) is 10.2 Å². The Kier molecular flexibility index (Phi) is 1.99. The third-order valence-electron chi connectivity index (χ3n) is 3.43. The van der Waals surface area contributed by atoms with Crippen molar-refractivity contribution in [2.45, 2.75) is 24.8 Å². The van der Waals surface area contributed by atoms with Gasteiger partial charge in [-0.1, -0.05) is 6.42 Å². The first kappa shape index (κ1) is 9.45. The van der Waals surface area contributed by atoms with Gasteiger partial charge in [0.25, 0.3) is 5.91 Å². The highest BCUT2D eigenvalue weighted by atomic mass is 16.2. The molecule has 3 amide bonds. The first-order valence-corrected chi connectivity index (χ1v) is 4.92. The fourth-order valence-electron chi connectivity index (χ4n) is 2.56. The number of nitrogens with zero attached hydrogens (tertiary/aromatic N) is 1. The monoisotopic (exact) mass is 197 g/mol. The molecule has 1 aliphatic heterocycles. The highest BCUT2D eigenvalue weighted by Crippen LogP contribution is 2.39. The van der Waals surface area contributed by atoms with Crippen LogP contribution in [0.2, 0.25) is 0 Å². The number of hydrogen-bond donors (Lipinski definition) is 2. The van der Waals surface area contributed by atoms with Gasteiger partial charge in [-0.05, 0) is 19.4 Å². The van der Waals surface area contributed by atoms with Crippen molar-refractivity contribution in [3.8, 4) is 0 Å². The molecule has 1 saturated heterocycles. The first-order valence-electron chi connectivity index (χ1n) is 4.92. The van der Waals surface area contributed by atoms with Crippen LogP contribution in [0.4, 0.5) is 4.79 Å². The van der Waals surface area contributed by atoms with Crippen molar-refractivity contribution in [1.29, 1.82) is 0 Å². The molecule has 1 spiro atoms. The smallest absolute Gasteiger partial charge is 0.324 e. The SMILES string of the molecule is CN1C(=O)N[C@]2(CCC[C@@H]2CN)C1=O. The summed E-state index contributed by atoms with van der Waals surface area (Å²) >= 11 is 0. The normalized spacial score (nSPS) is 37.0. The first-order chi connectivity index (χ1) is 6.62. The average molecular weight is 197 g/mol. The standard InChI is InChI=1S/C9H15N3O2/c1-12-7(13)9(11-8(12)14)4-2-3-6(9)5-10/h6H,2-5,10H2,1H3,(H,11,14)/t6-,9+/m1/s1. The van der Waals surface area contributed by atoms with Crippen molar-refractivity contribution in [3.05, 3.63) is 0 Å². The Bertz CT molecular complexity index is 292. The molecular weight excluding hydrogens is 182 g/mol. The molecule has 14 heavy (non-hydrogen) atoms. The van der Waals surface area contributed by atoms with E-state index < -0.39 is 5.54 Å². The maximum atomic E-state index is 11.9. The van der Waals surface area contributed by atoms with Gasteiger partial charge in [-0.15, -0.1) is 0 Å². The number of carbonyl (C=O) groups excluding carboxylic acids is 2. The van der Waals surface area contributed by atoms with Gasteiger partial charge in [0.1, 0.15) is 5.54 Å². The van der Waals surface area contributed by atoms with E-state index in [0.29, 0.717) is 6.54 Å². The second-order valence-corrected chi connectivity index (χ2v) is 4.09. The second-order valence-electron chi connectivity index (χ2n) is 4.09. The molecule has 0 aromatic heterocycles. The van der Waals surface area contributed by atoms with E-state index in [1.54, 1.807) is 0 Å². The number of carbonyl (C=O) groups is 2. The van der Waals surface area contributed by atoms with Gasteiger partial charge < -0.3 is 11.1 Å². The summed E-state index contributed by atoms with van der Waals surface area (Å²) < 4.78 is 0. The predicted octanol–water partition coefficient (Wildman–Crippen LogP) is -0.334. The zero-order valence-corrected chi connectivity index (χ0v) is 8.25. The Morgan fingerprint density at radius 3 is 2.86 bits per heavy atom. The minimum absolute atomic E-state index is 0.101. The summed E-state index contributed by atoms with van der Waals surface area (Å²) in [6.45, 7) is 0.458. The molecule has 2 atom stereocenters. The summed E-state index contributed by atoms with van der Waals surface area (Å²) in [5, 5.41) is 2.79. The van der Waals surface area contributed by atoms with Crippen LogP contribution in [0.15, 0.2) is 0 Å². The van der Waals surface area contributed by atoms with E-state index in [2.05, 4.69) is 5.32 Å². The molecule has 2 rings (SSSR count). The molecule has 1 heterocycles. The average Bonchev–Trinajstić information content (AvgIpc) is 2.66. The Hall–Kier alpha value is -1.10. The van der Waals surface area contributed by atoms with Gasteiger partial charge in [-0.2, -0.15) is 0 Å². The Labute approximate surface area is 82.6 Å². The molecule has 0 aromatic rings. The minimum Gasteiger partial charge on any atom is -0.330 e. The van der Waals surface area contributed by atoms with Crippen LogP contribution in [0.3, 0.4) is 0 Å². The van der Waals surface area contributed by atoms with Crippen LogP contribution in [0.5, 0.6) is 0 Å². The molecule has 0 aromatic carbocycles. The number of likely N-dealkylation sites (N-methyl/N-ethyl adjacent to an activating group) is 1. The number of urea groups is 1. The Morgan fingerprint density at radius 2 is 2.36 bits per heavy atom. The predicted molar refractivity (Wildman–Crippen MR) is 50.4 cm³/mol. The van der Waals surface area contributed by atoms with Gasteiger partial charge >= 0.3 is 6.03 Å². The maximum Gasteiger partial charge on any atom is 0.324 e. The number of rotatable bonds is 1. The lowest BCUT2D eigenvalue weighted by Gasteiger charge is -2.27. The van der Waals surface area contributed by atoms with E-state index in [4.69, 9.17) is 5.73 Å². The van der Waals surface area contributed by atoms with Gasteiger partial charge in [-0.25, -0.2) is 4.79 Å². The third-order valence-corrected chi connectivity index (χ3v) is 3.43. The second kappa shape index (κ2) is 2.95. The highest BCUT2D eigenvalue weighted by Gasteiger charge is 2.56. The van der Waals surface area contributed by atoms with Crippen LogP contribution in [0, 0.1) is 5.92 Å². The lowest BCUT2D eigenvalue weighted by Crippen LogP contribution is -2.52. The zero-order chi connectivity index (χ0) is 10.3. The molecule has 78 valence electrons. The summed E-state index contributed by atoms with van der Waals surface area (Å²) in [7, 11) is 1.51. The van der Waals surface area contributed by atoms with Crippen molar-refractivity contribution in [3.63, 3.8) is 0 Å². The third kappa shape index (κ3) is 0.987. The molecule has 2 aliphatic rings. The van der Waals surface area contributed by atoms with Crippen LogP contribution in [-0.4, -0.2) is 36.0 Å². The van der Waals surface area contributed by atoms with Crippen LogP contribution < -0.4 is 11.1 Å². The van der Waals surface area contributed by atoms with Crippen LogP contribution in [-0.2, 0) is 4.79 Å². The van der Waals surface area contributed by atoms with Crippen molar-refractivity contribution >= 4 is 11.9 Å². The number of nitrogens with two attached hydrogens (primary N) is 1. The minimum atomic E-state index is -0.680. The molecule has 1 aliphatic carbocycles. The van der Waals surface area contributed by atoms with Crippen LogP contribution in [0.25, 0.3) is 0 Å². The summed E-state index contributed by atoms with van der Waals surface area (Å²) in [6.07, 6.45) is 2.61. The van der Waals surface area contributed by atoms with E-state index in [9.17, 15) is 9.59 Å². The van der Waals surface area contributed by atoms with E-state index in [1.807, 2.05) is 0 Å². The quantitative estimate of drug-likeness (QED) is 0.565. The van der Waals surface area contributed by atoms with Crippen molar-refractivity contribution < 1.29 is 9.59 Å². The van der Waals surface area contributed by atoms with Crippen molar-refractivity contribution in [2.75, 3.05) is 13.6 Å². The van der Waals surface area contributed by atoms with Gasteiger partial charge in [0.05, 0.1) is 0 Å². The summed E-state index contributed by atoms with van der Waals surface area (Å²) in [5.41, 5.74) is 4.94. The van der Waals surface area contributed by atoms with Gasteiger partial charge in [0.15, 0.2) is 0 Å². The molecule has 1 saturated carbocycles. The Balaban J connectivity index is 2.32. The molecule has 3 N–H and O–H groups in total. The fraction of sp³-hybridized carbons (Fsp3) is 0.778. The van der Waals surface area contributed by atoms with E-state index in [0.717, 1.165) is 24.2 Å². The van der Waals surface area contributed by atoms with Crippen LogP contribution in [0.1, 0.15) is 19.3 Å². The highest BCUT2D eigenvalue weighted by molar-refractivity contribution is 6.07. The van der Waals surface area contributed by atoms with Crippen LogP contribution >= 0.6 is 0 Å². The molecular formula is C9H15N3O2. The van der Waals surface area contributed by atoms with E-state index in [1.165, 1.54) is 7.05 Å². The molecule has 0 unspecified atom stereocenters. The lowest BCUT2D eigenvalue weighted by molar-refractivity contribution is -0.131. The molecule has 5 nitrogen and oxygen atoms in total. The van der Waals surface area contributed by atoms with E-state index >= 15 is 0 Å². The molecule has 0 bridgehead atoms. The van der Waals surface area contributed by atoms with E-state index in [-0.39, 0.29) is 17.9 Å². The number of amides is 3. The largest absolute Gasteiger partial charge is 0.330 e. The fourth-order valence-corrected chi connectivity index (χ4v) is 2.56. The summed E-state index contributed by atoms with van der Waals surface area (Å²) in [5.74, 6) is -0.0145. The zero-order valence-electron chi connectivity index (χ0n) is 8.25. The van der Waals surface area contributed by atoms with Gasteiger partial charge in [-0.3, -0.25) is 9.69 Å². The number of hydrogen-bond acceptors (Lipinski definition) is 3. The van der Waals surface area contributed by atoms with Gasteiger partial charge in [0.2, 0.25) is 0 Å².